The molecule has 5 aliphatic rings. The lowest BCUT2D eigenvalue weighted by molar-refractivity contribution is -0.180. The van der Waals surface area contributed by atoms with Crippen molar-refractivity contribution in [1.82, 2.24) is 16.2 Å². The normalized spacial score (nSPS) is 46.5. The molecule has 1 aliphatic heterocycles. The van der Waals surface area contributed by atoms with Gasteiger partial charge in [0.25, 0.3) is 0 Å². The standard InChI is InChI=1S/C30H51N3O2S/c1-18(2)8-7-9-19(3)23-10-11-24-22-17-30(31-27(36)32-33-30)26-16-21(35-20(4)34)12-14-29(26,6)25(22)13-15-28(23,24)5/h18-19,21-26,33H,7-17H2,1-6H3,(H2,31,32,36)/t19-,21+,22+,23-,24+,25+,26+,28-,29-,30-/m1/s1. The Morgan fingerprint density at radius 1 is 1.06 bits per heavy atom. The molecule has 3 N–H and O–H groups in total. The predicted molar refractivity (Wildman–Crippen MR) is 149 cm³/mol. The number of fused-ring (bicyclic) bond motifs is 6. The molecule has 5 rings (SSSR count). The van der Waals surface area contributed by atoms with Crippen molar-refractivity contribution < 1.29 is 9.53 Å². The van der Waals surface area contributed by atoms with Crippen molar-refractivity contribution in [2.75, 3.05) is 0 Å². The number of nitrogens with one attached hydrogen (secondary N) is 3. The van der Waals surface area contributed by atoms with Crippen LogP contribution in [0.25, 0.3) is 0 Å². The molecule has 0 unspecified atom stereocenters. The highest BCUT2D eigenvalue weighted by Gasteiger charge is 2.67. The highest BCUT2D eigenvalue weighted by Crippen LogP contribution is 2.69. The van der Waals surface area contributed by atoms with Crippen LogP contribution >= 0.6 is 12.2 Å². The lowest BCUT2D eigenvalue weighted by Crippen LogP contribution is -2.70. The second-order valence-corrected chi connectivity index (χ2v) is 14.8. The van der Waals surface area contributed by atoms with E-state index in [4.69, 9.17) is 17.0 Å². The third-order valence-electron chi connectivity index (χ3n) is 12.0. The average molecular weight is 518 g/mol. The number of carbonyl (C=O) groups excluding carboxylic acids is 1. The number of carbonyl (C=O) groups is 1. The summed E-state index contributed by atoms with van der Waals surface area (Å²) in [5, 5.41) is 4.45. The molecule has 5 nitrogen and oxygen atoms in total. The van der Waals surface area contributed by atoms with Gasteiger partial charge in [0.2, 0.25) is 0 Å². The molecular weight excluding hydrogens is 466 g/mol. The van der Waals surface area contributed by atoms with Gasteiger partial charge in [0.15, 0.2) is 5.11 Å². The zero-order valence-electron chi connectivity index (χ0n) is 23.6. The molecule has 10 atom stereocenters. The van der Waals surface area contributed by atoms with Gasteiger partial charge in [-0.2, -0.15) is 0 Å². The van der Waals surface area contributed by atoms with E-state index in [1.165, 1.54) is 44.9 Å². The van der Waals surface area contributed by atoms with Gasteiger partial charge in [-0.15, -0.1) is 0 Å². The molecule has 5 fully saturated rings. The molecule has 1 saturated heterocycles. The van der Waals surface area contributed by atoms with Crippen LogP contribution in [0.2, 0.25) is 0 Å². The number of esters is 1. The Hall–Kier alpha value is -0.880. The summed E-state index contributed by atoms with van der Waals surface area (Å²) in [5.41, 5.74) is 7.39. The fourth-order valence-electron chi connectivity index (χ4n) is 10.5. The van der Waals surface area contributed by atoms with Crippen molar-refractivity contribution in [2.45, 2.75) is 124 Å². The topological polar surface area (TPSA) is 62.4 Å². The Bertz CT molecular complexity index is 865. The van der Waals surface area contributed by atoms with E-state index in [1.807, 2.05) is 0 Å². The first kappa shape index (κ1) is 26.7. The van der Waals surface area contributed by atoms with Gasteiger partial charge in [-0.3, -0.25) is 10.2 Å². The Morgan fingerprint density at radius 3 is 2.44 bits per heavy atom. The Kier molecular flexibility index (Phi) is 7.20. The molecule has 204 valence electrons. The molecule has 4 saturated carbocycles. The number of hydrazine groups is 1. The highest BCUT2D eigenvalue weighted by atomic mass is 32.1. The average Bonchev–Trinajstić information content (AvgIpc) is 3.34. The minimum absolute atomic E-state index is 0.0168. The van der Waals surface area contributed by atoms with Gasteiger partial charge in [-0.25, -0.2) is 5.43 Å². The second kappa shape index (κ2) is 9.70. The van der Waals surface area contributed by atoms with Crippen LogP contribution in [0, 0.1) is 52.3 Å². The summed E-state index contributed by atoms with van der Waals surface area (Å²) in [5.74, 6) is 4.99. The van der Waals surface area contributed by atoms with E-state index < -0.39 is 0 Å². The van der Waals surface area contributed by atoms with E-state index in [9.17, 15) is 4.79 Å². The third kappa shape index (κ3) is 4.40. The maximum atomic E-state index is 11.8. The smallest absolute Gasteiger partial charge is 0.302 e. The van der Waals surface area contributed by atoms with Crippen LogP contribution in [0.15, 0.2) is 0 Å². The molecule has 4 aliphatic carbocycles. The molecule has 0 aromatic carbocycles. The first-order valence-corrected chi connectivity index (χ1v) is 15.4. The molecular formula is C30H51N3O2S. The van der Waals surface area contributed by atoms with Gasteiger partial charge in [-0.05, 0) is 110 Å². The van der Waals surface area contributed by atoms with Crippen LogP contribution < -0.4 is 16.2 Å². The number of hydrogen-bond acceptors (Lipinski definition) is 4. The summed E-state index contributed by atoms with van der Waals surface area (Å²) in [6.07, 6.45) is 13.8. The highest BCUT2D eigenvalue weighted by molar-refractivity contribution is 7.80. The molecule has 1 spiro atoms. The lowest BCUT2D eigenvalue weighted by atomic mass is 9.42. The van der Waals surface area contributed by atoms with Crippen LogP contribution in [0.5, 0.6) is 0 Å². The molecule has 0 aromatic rings. The fourth-order valence-corrected chi connectivity index (χ4v) is 10.7. The number of hydrogen-bond donors (Lipinski definition) is 3. The number of thiocarbonyl (C=S) groups is 1. The van der Waals surface area contributed by atoms with Crippen molar-refractivity contribution in [2.24, 2.45) is 52.3 Å². The molecule has 0 radical (unpaired) electrons. The van der Waals surface area contributed by atoms with Crippen LogP contribution in [0.3, 0.4) is 0 Å². The molecule has 1 heterocycles. The lowest BCUT2D eigenvalue weighted by Gasteiger charge is -2.65. The van der Waals surface area contributed by atoms with Crippen molar-refractivity contribution in [3.63, 3.8) is 0 Å². The Morgan fingerprint density at radius 2 is 1.78 bits per heavy atom. The fraction of sp³-hybridized carbons (Fsp3) is 0.933. The molecule has 36 heavy (non-hydrogen) atoms. The maximum Gasteiger partial charge on any atom is 0.302 e. The summed E-state index contributed by atoms with van der Waals surface area (Å²) in [4.78, 5) is 11.8. The molecule has 0 aromatic heterocycles. The van der Waals surface area contributed by atoms with Crippen LogP contribution in [0.4, 0.5) is 0 Å². The van der Waals surface area contributed by atoms with Crippen LogP contribution in [-0.2, 0) is 9.53 Å². The van der Waals surface area contributed by atoms with Gasteiger partial charge < -0.3 is 10.1 Å². The Balaban J connectivity index is 1.40. The van der Waals surface area contributed by atoms with Crippen LogP contribution in [-0.4, -0.2) is 22.8 Å². The van der Waals surface area contributed by atoms with E-state index in [1.54, 1.807) is 6.92 Å². The Labute approximate surface area is 225 Å². The quantitative estimate of drug-likeness (QED) is 0.283. The van der Waals surface area contributed by atoms with Gasteiger partial charge in [0.05, 0.1) is 0 Å². The second-order valence-electron chi connectivity index (χ2n) is 14.4. The predicted octanol–water partition coefficient (Wildman–Crippen LogP) is 6.33. The van der Waals surface area contributed by atoms with Crippen LogP contribution in [0.1, 0.15) is 112 Å². The first-order chi connectivity index (χ1) is 17.0. The van der Waals surface area contributed by atoms with Crippen molar-refractivity contribution in [3.8, 4) is 0 Å². The van der Waals surface area contributed by atoms with Crippen molar-refractivity contribution in [3.05, 3.63) is 0 Å². The summed E-state index contributed by atoms with van der Waals surface area (Å²) < 4.78 is 5.78. The van der Waals surface area contributed by atoms with Gasteiger partial charge in [0.1, 0.15) is 11.8 Å². The maximum absolute atomic E-state index is 11.8. The van der Waals surface area contributed by atoms with E-state index in [0.717, 1.165) is 55.3 Å². The first-order valence-electron chi connectivity index (χ1n) is 15.0. The summed E-state index contributed by atoms with van der Waals surface area (Å²) in [6, 6.07) is 0. The van der Waals surface area contributed by atoms with E-state index in [-0.39, 0.29) is 23.2 Å². The number of ether oxygens (including phenoxy) is 1. The van der Waals surface area contributed by atoms with Gasteiger partial charge in [0, 0.05) is 12.8 Å². The third-order valence-corrected chi connectivity index (χ3v) is 12.2. The SMILES string of the molecule is CC(=O)O[C@H]1CC[C@@]2(C)[C@H](C1)[C@@]1(C[C@@H]3[C@@H]2CC[C@]2(C)[C@@H]([C@H](C)CCCC(C)C)CC[C@@H]32)NNC(=S)N1. The number of rotatable bonds is 6. The zero-order valence-corrected chi connectivity index (χ0v) is 24.4. The minimum Gasteiger partial charge on any atom is -0.463 e. The van der Waals surface area contributed by atoms with Crippen molar-refractivity contribution in [1.29, 1.82) is 0 Å². The van der Waals surface area contributed by atoms with Gasteiger partial charge >= 0.3 is 5.97 Å². The van der Waals surface area contributed by atoms with E-state index >= 15 is 0 Å². The van der Waals surface area contributed by atoms with E-state index in [2.05, 4.69) is 50.8 Å². The summed E-state index contributed by atoms with van der Waals surface area (Å²) >= 11 is 5.61. The van der Waals surface area contributed by atoms with Crippen molar-refractivity contribution >= 4 is 23.3 Å². The minimum atomic E-state index is -0.245. The summed E-state index contributed by atoms with van der Waals surface area (Å²) in [6.45, 7) is 14.1. The zero-order chi connectivity index (χ0) is 25.9. The summed E-state index contributed by atoms with van der Waals surface area (Å²) in [7, 11) is 0. The largest absolute Gasteiger partial charge is 0.463 e. The molecule has 0 amide bonds. The monoisotopic (exact) mass is 517 g/mol. The molecule has 6 heteroatoms. The van der Waals surface area contributed by atoms with Gasteiger partial charge in [-0.1, -0.05) is 53.9 Å². The molecule has 0 bridgehead atoms. The van der Waals surface area contributed by atoms with E-state index in [0.29, 0.717) is 22.4 Å².